The molecule has 4 aromatic rings. The Bertz CT molecular complexity index is 998. The monoisotopic (exact) mass is 345 g/mol. The number of aromatic nitrogens is 2. The Kier molecular flexibility index (Phi) is 4.32. The third-order valence-corrected chi connectivity index (χ3v) is 4.34. The van der Waals surface area contributed by atoms with E-state index in [1.54, 1.807) is 0 Å². The van der Waals surface area contributed by atoms with Gasteiger partial charge in [-0.25, -0.2) is 0 Å². The molecule has 0 saturated carbocycles. The zero-order chi connectivity index (χ0) is 17.1. The molecule has 3 aromatic carbocycles. The molecule has 0 aliphatic heterocycles. The van der Waals surface area contributed by atoms with Crippen molar-refractivity contribution >= 4 is 33.9 Å². The van der Waals surface area contributed by atoms with Crippen LogP contribution in [0.1, 0.15) is 11.3 Å². The molecule has 0 amide bonds. The summed E-state index contributed by atoms with van der Waals surface area (Å²) in [6.45, 7) is 0. The summed E-state index contributed by atoms with van der Waals surface area (Å²) in [5.41, 5.74) is 3.13. The van der Waals surface area contributed by atoms with E-state index in [1.165, 1.54) is 5.56 Å². The number of hydrogen-bond donors (Lipinski definition) is 1. The van der Waals surface area contributed by atoms with Gasteiger partial charge in [0.2, 0.25) is 0 Å². The summed E-state index contributed by atoms with van der Waals surface area (Å²) in [6, 6.07) is 26.1. The molecule has 0 radical (unpaired) electrons. The van der Waals surface area contributed by atoms with Crippen molar-refractivity contribution in [3.8, 4) is 0 Å². The highest BCUT2D eigenvalue weighted by Crippen LogP contribution is 2.27. The normalized spacial score (nSPS) is 10.8. The lowest BCUT2D eigenvalue weighted by atomic mass is 10.0. The van der Waals surface area contributed by atoms with E-state index in [0.29, 0.717) is 5.02 Å². The molecule has 1 N–H and O–H groups in total. The molecule has 122 valence electrons. The maximum atomic E-state index is 5.95. The summed E-state index contributed by atoms with van der Waals surface area (Å²) >= 11 is 5.95. The van der Waals surface area contributed by atoms with E-state index in [-0.39, 0.29) is 0 Å². The number of hydrogen-bond acceptors (Lipinski definition) is 3. The Labute approximate surface area is 151 Å². The summed E-state index contributed by atoms with van der Waals surface area (Å²) in [7, 11) is 0. The van der Waals surface area contributed by atoms with Crippen molar-refractivity contribution < 1.29 is 0 Å². The van der Waals surface area contributed by atoms with Gasteiger partial charge in [-0.1, -0.05) is 66.2 Å². The van der Waals surface area contributed by atoms with Crippen molar-refractivity contribution in [1.29, 1.82) is 0 Å². The summed E-state index contributed by atoms with van der Waals surface area (Å²) in [5, 5.41) is 15.1. The van der Waals surface area contributed by atoms with E-state index in [9.17, 15) is 0 Å². The van der Waals surface area contributed by atoms with E-state index in [1.807, 2.05) is 54.6 Å². The smallest absolute Gasteiger partial charge is 0.160 e. The van der Waals surface area contributed by atoms with Crippen molar-refractivity contribution in [3.63, 3.8) is 0 Å². The van der Waals surface area contributed by atoms with Gasteiger partial charge in [-0.3, -0.25) is 0 Å². The van der Waals surface area contributed by atoms with Gasteiger partial charge in [-0.05, 0) is 29.8 Å². The fraction of sp³-hybridized carbons (Fsp3) is 0.0476. The van der Waals surface area contributed by atoms with Gasteiger partial charge in [0.05, 0.1) is 5.69 Å². The molecule has 0 aliphatic rings. The highest BCUT2D eigenvalue weighted by molar-refractivity contribution is 6.30. The average Bonchev–Trinajstić information content (AvgIpc) is 2.66. The number of nitrogens with zero attached hydrogens (tertiary/aromatic N) is 2. The maximum absolute atomic E-state index is 5.95. The van der Waals surface area contributed by atoms with Gasteiger partial charge in [0.25, 0.3) is 0 Å². The second kappa shape index (κ2) is 6.91. The highest BCUT2D eigenvalue weighted by atomic mass is 35.5. The molecule has 0 bridgehead atoms. The number of fused-ring (bicyclic) bond motifs is 1. The average molecular weight is 346 g/mol. The first-order valence-electron chi connectivity index (χ1n) is 8.10. The minimum absolute atomic E-state index is 0.708. The van der Waals surface area contributed by atoms with E-state index in [0.717, 1.165) is 34.4 Å². The lowest BCUT2D eigenvalue weighted by Gasteiger charge is -2.11. The van der Waals surface area contributed by atoms with Gasteiger partial charge in [-0.15, -0.1) is 5.10 Å². The first-order valence-corrected chi connectivity index (χ1v) is 8.48. The van der Waals surface area contributed by atoms with Crippen LogP contribution in [0.4, 0.5) is 11.5 Å². The fourth-order valence-corrected chi connectivity index (χ4v) is 2.97. The van der Waals surface area contributed by atoms with E-state index < -0.39 is 0 Å². The van der Waals surface area contributed by atoms with Gasteiger partial charge >= 0.3 is 0 Å². The second-order valence-corrected chi connectivity index (χ2v) is 6.27. The van der Waals surface area contributed by atoms with E-state index in [4.69, 9.17) is 11.6 Å². The predicted octanol–water partition coefficient (Wildman–Crippen LogP) is 5.62. The van der Waals surface area contributed by atoms with Crippen molar-refractivity contribution in [2.24, 2.45) is 0 Å². The minimum atomic E-state index is 0.708. The molecule has 1 heterocycles. The third kappa shape index (κ3) is 3.47. The van der Waals surface area contributed by atoms with Gasteiger partial charge < -0.3 is 5.32 Å². The van der Waals surface area contributed by atoms with Crippen LogP contribution < -0.4 is 5.32 Å². The molecule has 4 rings (SSSR count). The molecular weight excluding hydrogens is 330 g/mol. The van der Waals surface area contributed by atoms with Crippen molar-refractivity contribution in [2.75, 3.05) is 5.32 Å². The van der Waals surface area contributed by atoms with Crippen molar-refractivity contribution in [3.05, 3.63) is 95.1 Å². The standard InChI is InChI=1S/C21H16ClN3/c22-16-10-12-17(13-11-16)23-21-19-9-5-4-8-18(19)20(24-25-21)14-15-6-2-1-3-7-15/h1-13H,14H2,(H,23,25). The van der Waals surface area contributed by atoms with Crippen LogP contribution >= 0.6 is 11.6 Å². The van der Waals surface area contributed by atoms with E-state index in [2.05, 4.69) is 39.8 Å². The van der Waals surface area contributed by atoms with Crippen LogP contribution in [0.5, 0.6) is 0 Å². The van der Waals surface area contributed by atoms with Crippen LogP contribution in [0.15, 0.2) is 78.9 Å². The maximum Gasteiger partial charge on any atom is 0.160 e. The quantitative estimate of drug-likeness (QED) is 0.521. The second-order valence-electron chi connectivity index (χ2n) is 5.84. The third-order valence-electron chi connectivity index (χ3n) is 4.09. The first-order chi connectivity index (χ1) is 12.3. The van der Waals surface area contributed by atoms with Gasteiger partial charge in [0, 0.05) is 27.9 Å². The van der Waals surface area contributed by atoms with Crippen molar-refractivity contribution in [2.45, 2.75) is 6.42 Å². The lowest BCUT2D eigenvalue weighted by molar-refractivity contribution is 0.962. The van der Waals surface area contributed by atoms with Gasteiger partial charge in [0.1, 0.15) is 0 Å². The fourth-order valence-electron chi connectivity index (χ4n) is 2.84. The SMILES string of the molecule is Clc1ccc(Nc2nnc(Cc3ccccc3)c3ccccc23)cc1. The lowest BCUT2D eigenvalue weighted by Crippen LogP contribution is -2.02. The number of rotatable bonds is 4. The van der Waals surface area contributed by atoms with Gasteiger partial charge in [0.15, 0.2) is 5.82 Å². The summed E-state index contributed by atoms with van der Waals surface area (Å²) < 4.78 is 0. The van der Waals surface area contributed by atoms with Crippen LogP contribution in [0.2, 0.25) is 5.02 Å². The predicted molar refractivity (Wildman–Crippen MR) is 104 cm³/mol. The van der Waals surface area contributed by atoms with Crippen LogP contribution in [-0.4, -0.2) is 10.2 Å². The molecular formula is C21H16ClN3. The van der Waals surface area contributed by atoms with E-state index >= 15 is 0 Å². The molecule has 0 spiro atoms. The Hall–Kier alpha value is -2.91. The molecule has 3 nitrogen and oxygen atoms in total. The summed E-state index contributed by atoms with van der Waals surface area (Å²) in [5.74, 6) is 0.745. The molecule has 0 saturated heterocycles. The number of halogens is 1. The van der Waals surface area contributed by atoms with Crippen LogP contribution in [0, 0.1) is 0 Å². The largest absolute Gasteiger partial charge is 0.338 e. The topological polar surface area (TPSA) is 37.8 Å². The molecule has 0 atom stereocenters. The minimum Gasteiger partial charge on any atom is -0.338 e. The molecule has 25 heavy (non-hydrogen) atoms. The summed E-state index contributed by atoms with van der Waals surface area (Å²) in [6.07, 6.45) is 0.760. The van der Waals surface area contributed by atoms with Crippen LogP contribution in [-0.2, 0) is 6.42 Å². The van der Waals surface area contributed by atoms with Crippen molar-refractivity contribution in [1.82, 2.24) is 10.2 Å². The number of nitrogens with one attached hydrogen (secondary N) is 1. The summed E-state index contributed by atoms with van der Waals surface area (Å²) in [4.78, 5) is 0. The highest BCUT2D eigenvalue weighted by Gasteiger charge is 2.10. The number of benzene rings is 3. The number of anilines is 2. The zero-order valence-electron chi connectivity index (χ0n) is 13.5. The molecule has 0 aliphatic carbocycles. The molecule has 4 heteroatoms. The molecule has 1 aromatic heterocycles. The Morgan fingerprint density at radius 3 is 2.16 bits per heavy atom. The molecule has 0 unspecified atom stereocenters. The van der Waals surface area contributed by atoms with Crippen LogP contribution in [0.3, 0.4) is 0 Å². The van der Waals surface area contributed by atoms with Gasteiger partial charge in [-0.2, -0.15) is 5.10 Å². The van der Waals surface area contributed by atoms with Crippen LogP contribution in [0.25, 0.3) is 10.8 Å². The Morgan fingerprint density at radius 2 is 1.40 bits per heavy atom. The Morgan fingerprint density at radius 1 is 0.720 bits per heavy atom. The first kappa shape index (κ1) is 15.6. The Balaban J connectivity index is 1.72. The molecule has 0 fully saturated rings. The zero-order valence-corrected chi connectivity index (χ0v) is 14.2.